The molecule has 0 spiro atoms. The van der Waals surface area contributed by atoms with Crippen LogP contribution in [0, 0.1) is 0 Å². The molecule has 2 N–H and O–H groups in total. The Morgan fingerprint density at radius 1 is 0.574 bits per heavy atom. The van der Waals surface area contributed by atoms with Crippen LogP contribution < -0.4 is 10.2 Å². The van der Waals surface area contributed by atoms with E-state index in [-0.39, 0.29) is 19.1 Å². The Morgan fingerprint density at radius 2 is 0.951 bits per heavy atom. The van der Waals surface area contributed by atoms with Gasteiger partial charge in [0.05, 0.1) is 39.9 Å². The van der Waals surface area contributed by atoms with Crippen LogP contribution in [0.5, 0.6) is 0 Å². The van der Waals surface area contributed by atoms with Crippen molar-refractivity contribution >= 4 is 13.7 Å². The number of phosphoric acid groups is 1. The molecule has 0 aromatic carbocycles. The lowest BCUT2D eigenvalue weighted by Crippen LogP contribution is -2.45. The highest BCUT2D eigenvalue weighted by Crippen LogP contribution is 2.38. The molecule has 0 aromatic heterocycles. The van der Waals surface area contributed by atoms with Gasteiger partial charge in [-0.15, -0.1) is 0 Å². The van der Waals surface area contributed by atoms with Crippen LogP contribution in [0.25, 0.3) is 0 Å². The zero-order chi connectivity index (χ0) is 45.0. The first-order chi connectivity index (χ1) is 29.5. The molecule has 0 aromatic rings. The molecule has 0 saturated heterocycles. The van der Waals surface area contributed by atoms with Crippen molar-refractivity contribution in [2.75, 3.05) is 40.9 Å². The maximum atomic E-state index is 12.9. The molecule has 8 nitrogen and oxygen atoms in total. The minimum absolute atomic E-state index is 0.00256. The number of nitrogens with zero attached hydrogens (tertiary/aromatic N) is 1. The van der Waals surface area contributed by atoms with E-state index >= 15 is 0 Å². The topological polar surface area (TPSA) is 108 Å². The van der Waals surface area contributed by atoms with Crippen molar-refractivity contribution in [1.82, 2.24) is 5.32 Å². The fraction of sp³-hybridized carbons (Fsp3) is 0.865. The number of amides is 1. The van der Waals surface area contributed by atoms with Crippen molar-refractivity contribution in [3.63, 3.8) is 0 Å². The molecular formula is C52H101N2O6P. The summed E-state index contributed by atoms with van der Waals surface area (Å²) in [4.78, 5) is 25.4. The molecule has 3 unspecified atom stereocenters. The van der Waals surface area contributed by atoms with Crippen LogP contribution in [-0.2, 0) is 18.4 Å². The van der Waals surface area contributed by atoms with E-state index in [1.54, 1.807) is 6.08 Å². The number of likely N-dealkylation sites (N-methyl/N-ethyl adjacent to an activating group) is 1. The van der Waals surface area contributed by atoms with Gasteiger partial charge in [0.25, 0.3) is 7.82 Å². The number of carbonyl (C=O) groups is 1. The van der Waals surface area contributed by atoms with E-state index in [1.165, 1.54) is 167 Å². The second-order valence-electron chi connectivity index (χ2n) is 18.9. The van der Waals surface area contributed by atoms with Crippen LogP contribution in [0.1, 0.15) is 239 Å². The molecule has 1 amide bonds. The Morgan fingerprint density at radius 3 is 1.38 bits per heavy atom. The number of nitrogens with one attached hydrogen (secondary N) is 1. The predicted molar refractivity (Wildman–Crippen MR) is 261 cm³/mol. The summed E-state index contributed by atoms with van der Waals surface area (Å²) >= 11 is 0. The summed E-state index contributed by atoms with van der Waals surface area (Å²) in [5, 5.41) is 13.8. The maximum Gasteiger partial charge on any atom is 0.268 e. The highest BCUT2D eigenvalue weighted by Gasteiger charge is 2.23. The predicted octanol–water partition coefficient (Wildman–Crippen LogP) is 14.4. The summed E-state index contributed by atoms with van der Waals surface area (Å²) in [6.45, 7) is 4.64. The van der Waals surface area contributed by atoms with Gasteiger partial charge < -0.3 is 28.8 Å². The summed E-state index contributed by atoms with van der Waals surface area (Å²) < 4.78 is 23.3. The number of hydrogen-bond acceptors (Lipinski definition) is 6. The average Bonchev–Trinajstić information content (AvgIpc) is 3.21. The zero-order valence-corrected chi connectivity index (χ0v) is 41.8. The Hall–Kier alpha value is -1.28. The molecule has 61 heavy (non-hydrogen) atoms. The third-order valence-corrected chi connectivity index (χ3v) is 12.6. The van der Waals surface area contributed by atoms with Gasteiger partial charge in [-0.3, -0.25) is 9.36 Å². The molecule has 360 valence electrons. The number of aliphatic hydroxyl groups excluding tert-OH is 1. The van der Waals surface area contributed by atoms with Crippen molar-refractivity contribution in [2.24, 2.45) is 0 Å². The number of hydrogen-bond donors (Lipinski definition) is 2. The van der Waals surface area contributed by atoms with E-state index in [1.807, 2.05) is 27.2 Å². The number of allylic oxidation sites excluding steroid dienone is 5. The van der Waals surface area contributed by atoms with Crippen LogP contribution in [0.2, 0.25) is 0 Å². The molecule has 0 fully saturated rings. The molecule has 0 saturated carbocycles. The molecule has 3 atom stereocenters. The number of rotatable bonds is 47. The van der Waals surface area contributed by atoms with Gasteiger partial charge in [0.1, 0.15) is 13.2 Å². The van der Waals surface area contributed by atoms with Gasteiger partial charge in [-0.05, 0) is 51.4 Å². The van der Waals surface area contributed by atoms with Crippen molar-refractivity contribution in [2.45, 2.75) is 251 Å². The van der Waals surface area contributed by atoms with Crippen molar-refractivity contribution in [3.8, 4) is 0 Å². The Bertz CT molecular complexity index is 1090. The van der Waals surface area contributed by atoms with Crippen LogP contribution in [0.4, 0.5) is 0 Å². The van der Waals surface area contributed by atoms with Gasteiger partial charge in [0.15, 0.2) is 0 Å². The van der Waals surface area contributed by atoms with Crippen molar-refractivity contribution in [1.29, 1.82) is 0 Å². The first-order valence-electron chi connectivity index (χ1n) is 25.9. The molecule has 9 heteroatoms. The normalized spacial score (nSPS) is 14.4. The van der Waals surface area contributed by atoms with E-state index in [0.717, 1.165) is 51.4 Å². The highest BCUT2D eigenvalue weighted by molar-refractivity contribution is 7.45. The lowest BCUT2D eigenvalue weighted by Gasteiger charge is -2.29. The highest BCUT2D eigenvalue weighted by atomic mass is 31.2. The van der Waals surface area contributed by atoms with Gasteiger partial charge >= 0.3 is 0 Å². The minimum Gasteiger partial charge on any atom is -0.756 e. The summed E-state index contributed by atoms with van der Waals surface area (Å²) in [7, 11) is 1.26. The largest absolute Gasteiger partial charge is 0.756 e. The first kappa shape index (κ1) is 59.7. The lowest BCUT2D eigenvalue weighted by atomic mass is 10.0. The maximum absolute atomic E-state index is 12.9. The van der Waals surface area contributed by atoms with Crippen LogP contribution in [-0.4, -0.2) is 68.5 Å². The van der Waals surface area contributed by atoms with Gasteiger partial charge in [-0.25, -0.2) is 0 Å². The monoisotopic (exact) mass is 881 g/mol. The van der Waals surface area contributed by atoms with Gasteiger partial charge in [-0.1, -0.05) is 217 Å². The van der Waals surface area contributed by atoms with E-state index in [9.17, 15) is 19.4 Å². The van der Waals surface area contributed by atoms with Crippen LogP contribution in [0.15, 0.2) is 36.5 Å². The first-order valence-corrected chi connectivity index (χ1v) is 27.3. The van der Waals surface area contributed by atoms with Crippen LogP contribution in [0.3, 0.4) is 0 Å². The van der Waals surface area contributed by atoms with Gasteiger partial charge in [-0.2, -0.15) is 0 Å². The minimum atomic E-state index is -4.59. The smallest absolute Gasteiger partial charge is 0.268 e. The summed E-state index contributed by atoms with van der Waals surface area (Å²) in [5.74, 6) is -0.204. The lowest BCUT2D eigenvalue weighted by molar-refractivity contribution is -0.870. The summed E-state index contributed by atoms with van der Waals surface area (Å²) in [5.41, 5.74) is 0. The second kappa shape index (κ2) is 43.9. The quantitative estimate of drug-likeness (QED) is 0.0273. The fourth-order valence-electron chi connectivity index (χ4n) is 7.48. The number of phosphoric ester groups is 1. The fourth-order valence-corrected chi connectivity index (χ4v) is 8.20. The van der Waals surface area contributed by atoms with E-state index in [0.29, 0.717) is 17.4 Å². The SMILES string of the molecule is CCCCCC/C=C\C/C=C\CCCCCCCCCC(=O)NC(COP(=O)([O-])OCC[N+](C)(C)C)C(O)/C=C/CCCCCCCCCCCCCCCCCCCCC. The molecule has 0 heterocycles. The Kier molecular flexibility index (Phi) is 43.0. The van der Waals surface area contributed by atoms with Gasteiger partial charge in [0.2, 0.25) is 5.91 Å². The molecule has 0 aliphatic heterocycles. The van der Waals surface area contributed by atoms with E-state index < -0.39 is 20.0 Å². The molecule has 0 aliphatic rings. The van der Waals surface area contributed by atoms with E-state index in [2.05, 4.69) is 43.5 Å². The Labute approximate surface area is 378 Å². The van der Waals surface area contributed by atoms with Crippen molar-refractivity contribution in [3.05, 3.63) is 36.5 Å². The standard InChI is InChI=1S/C52H101N2O6P/c1-6-8-10-12-14-16-18-20-22-24-26-27-28-29-31-33-35-37-39-41-43-45-51(55)50(49-60-61(57,58)59-48-47-54(3,4)5)53-52(56)46-44-42-40-38-36-34-32-30-25-23-21-19-17-15-13-11-9-7-2/h17,19,23,25,43,45,50-51,55H,6-16,18,20-22,24,26-42,44,46-49H2,1-5H3,(H-,53,56,57,58)/b19-17-,25-23-,45-43+. The zero-order valence-electron chi connectivity index (χ0n) is 40.9. The number of unbranched alkanes of at least 4 members (excludes halogenated alkanes) is 30. The third-order valence-electron chi connectivity index (χ3n) is 11.6. The third kappa shape index (κ3) is 46.5. The second-order valence-corrected chi connectivity index (χ2v) is 20.3. The Balaban J connectivity index is 4.32. The van der Waals surface area contributed by atoms with Gasteiger partial charge in [0, 0.05) is 6.42 Å². The summed E-state index contributed by atoms with van der Waals surface area (Å²) in [6, 6.07) is -0.890. The molecule has 0 aliphatic carbocycles. The molecule has 0 radical (unpaired) electrons. The van der Waals surface area contributed by atoms with Crippen molar-refractivity contribution < 1.29 is 32.9 Å². The molecule has 0 rings (SSSR count). The van der Waals surface area contributed by atoms with Crippen LogP contribution >= 0.6 is 7.82 Å². The number of quaternary nitrogens is 1. The number of aliphatic hydroxyl groups is 1. The molecular weight excluding hydrogens is 780 g/mol. The average molecular weight is 881 g/mol. The molecule has 0 bridgehead atoms. The summed E-state index contributed by atoms with van der Waals surface area (Å²) in [6.07, 6.45) is 54.8. The number of carbonyl (C=O) groups excluding carboxylic acids is 1. The van der Waals surface area contributed by atoms with E-state index in [4.69, 9.17) is 9.05 Å².